The zero-order valence-electron chi connectivity index (χ0n) is 14.6. The summed E-state index contributed by atoms with van der Waals surface area (Å²) in [5, 5.41) is 11.8. The third-order valence-corrected chi connectivity index (χ3v) is 3.79. The lowest BCUT2D eigenvalue weighted by atomic mass is 9.93. The minimum Gasteiger partial charge on any atom is -0.480 e. The molecule has 0 aliphatic carbocycles. The molecule has 5 heteroatoms. The van der Waals surface area contributed by atoms with E-state index in [9.17, 15) is 14.7 Å². The van der Waals surface area contributed by atoms with Crippen molar-refractivity contribution in [3.63, 3.8) is 0 Å². The van der Waals surface area contributed by atoms with Crippen LogP contribution in [-0.2, 0) is 16.0 Å². The van der Waals surface area contributed by atoms with Crippen LogP contribution in [0.1, 0.15) is 51.7 Å². The number of carboxylic acid groups (broad SMARTS) is 1. The second-order valence-corrected chi connectivity index (χ2v) is 7.16. The second-order valence-electron chi connectivity index (χ2n) is 7.16. The summed E-state index contributed by atoms with van der Waals surface area (Å²) in [6.45, 7) is 9.24. The number of hydrogen-bond acceptors (Lipinski definition) is 3. The number of amides is 1. The number of nitrogens with two attached hydrogens (primary N) is 1. The fourth-order valence-corrected chi connectivity index (χ4v) is 2.40. The Morgan fingerprint density at radius 3 is 2.09 bits per heavy atom. The molecule has 23 heavy (non-hydrogen) atoms. The molecule has 2 unspecified atom stereocenters. The van der Waals surface area contributed by atoms with Crippen LogP contribution in [0.2, 0.25) is 0 Å². The molecule has 1 aromatic carbocycles. The van der Waals surface area contributed by atoms with E-state index in [2.05, 4.69) is 19.2 Å². The van der Waals surface area contributed by atoms with Crippen molar-refractivity contribution >= 4 is 11.9 Å². The number of carbonyl (C=O) groups is 2. The summed E-state index contributed by atoms with van der Waals surface area (Å²) in [6.07, 6.45) is 0.989. The minimum absolute atomic E-state index is 0.340. The second kappa shape index (κ2) is 7.59. The van der Waals surface area contributed by atoms with Crippen molar-refractivity contribution in [3.8, 4) is 0 Å². The Hall–Kier alpha value is -1.88. The largest absolute Gasteiger partial charge is 0.480 e. The maximum atomic E-state index is 12.3. The molecule has 0 radical (unpaired) electrons. The van der Waals surface area contributed by atoms with Crippen LogP contribution >= 0.6 is 0 Å². The Labute approximate surface area is 138 Å². The summed E-state index contributed by atoms with van der Waals surface area (Å²) in [5.41, 5.74) is 6.88. The molecule has 1 amide bonds. The SMILES string of the molecule is CC(C)Cc1ccc(C(C)C(=O)NC(C(=O)O)C(C)(C)N)cc1. The van der Waals surface area contributed by atoms with Crippen molar-refractivity contribution in [2.24, 2.45) is 11.7 Å². The third-order valence-electron chi connectivity index (χ3n) is 3.79. The third kappa shape index (κ3) is 5.67. The molecule has 0 aromatic heterocycles. The highest BCUT2D eigenvalue weighted by Gasteiger charge is 2.34. The molecule has 0 saturated heterocycles. The molecule has 5 nitrogen and oxygen atoms in total. The molecule has 0 spiro atoms. The quantitative estimate of drug-likeness (QED) is 0.718. The number of rotatable bonds is 7. The van der Waals surface area contributed by atoms with Gasteiger partial charge in [-0.2, -0.15) is 0 Å². The zero-order chi connectivity index (χ0) is 17.8. The molecule has 2 atom stereocenters. The van der Waals surface area contributed by atoms with Gasteiger partial charge in [-0.25, -0.2) is 4.79 Å². The van der Waals surface area contributed by atoms with Gasteiger partial charge in [-0.1, -0.05) is 38.1 Å². The van der Waals surface area contributed by atoms with E-state index in [1.165, 1.54) is 5.56 Å². The van der Waals surface area contributed by atoms with Crippen molar-refractivity contribution in [1.29, 1.82) is 0 Å². The average Bonchev–Trinajstić information content (AvgIpc) is 2.42. The molecule has 0 bridgehead atoms. The number of benzene rings is 1. The number of aliphatic carboxylic acids is 1. The summed E-state index contributed by atoms with van der Waals surface area (Å²) < 4.78 is 0. The Kier molecular flexibility index (Phi) is 6.33. The topological polar surface area (TPSA) is 92.4 Å². The van der Waals surface area contributed by atoms with Gasteiger partial charge in [0.15, 0.2) is 0 Å². The molecule has 128 valence electrons. The van der Waals surface area contributed by atoms with Gasteiger partial charge in [-0.15, -0.1) is 0 Å². The molecule has 0 saturated carbocycles. The lowest BCUT2D eigenvalue weighted by Gasteiger charge is -2.28. The van der Waals surface area contributed by atoms with Gasteiger partial charge < -0.3 is 16.2 Å². The lowest BCUT2D eigenvalue weighted by Crippen LogP contribution is -2.59. The van der Waals surface area contributed by atoms with Crippen LogP contribution in [-0.4, -0.2) is 28.6 Å². The van der Waals surface area contributed by atoms with Crippen molar-refractivity contribution in [1.82, 2.24) is 5.32 Å². The van der Waals surface area contributed by atoms with Gasteiger partial charge in [-0.3, -0.25) is 4.79 Å². The first-order valence-corrected chi connectivity index (χ1v) is 7.93. The van der Waals surface area contributed by atoms with Crippen molar-refractivity contribution in [2.75, 3.05) is 0 Å². The molecular formula is C18H28N2O3. The standard InChI is InChI=1S/C18H28N2O3/c1-11(2)10-13-6-8-14(9-7-13)12(3)16(21)20-15(17(22)23)18(4,5)19/h6-9,11-12,15H,10,19H2,1-5H3,(H,20,21)(H,22,23). The Morgan fingerprint density at radius 2 is 1.70 bits per heavy atom. The van der Waals surface area contributed by atoms with E-state index in [1.807, 2.05) is 24.3 Å². The van der Waals surface area contributed by atoms with E-state index in [1.54, 1.807) is 20.8 Å². The van der Waals surface area contributed by atoms with Crippen molar-refractivity contribution < 1.29 is 14.7 Å². The number of carbonyl (C=O) groups excluding carboxylic acids is 1. The minimum atomic E-state index is -1.13. The Balaban J connectivity index is 2.81. The Bertz CT molecular complexity index is 544. The van der Waals surface area contributed by atoms with Crippen LogP contribution in [0.4, 0.5) is 0 Å². The zero-order valence-corrected chi connectivity index (χ0v) is 14.6. The molecule has 4 N–H and O–H groups in total. The predicted octanol–water partition coefficient (Wildman–Crippen LogP) is 2.30. The number of hydrogen-bond donors (Lipinski definition) is 3. The van der Waals surface area contributed by atoms with Crippen LogP contribution in [0.5, 0.6) is 0 Å². The van der Waals surface area contributed by atoms with Crippen LogP contribution in [0.3, 0.4) is 0 Å². The van der Waals surface area contributed by atoms with Gasteiger partial charge in [-0.05, 0) is 44.2 Å². The van der Waals surface area contributed by atoms with Crippen molar-refractivity contribution in [3.05, 3.63) is 35.4 Å². The van der Waals surface area contributed by atoms with Gasteiger partial charge in [0.05, 0.1) is 5.92 Å². The molecule has 0 aliphatic heterocycles. The summed E-state index contributed by atoms with van der Waals surface area (Å²) in [4.78, 5) is 23.6. The van der Waals surface area contributed by atoms with Crippen molar-refractivity contribution in [2.45, 2.75) is 58.5 Å². The highest BCUT2D eigenvalue weighted by molar-refractivity contribution is 5.88. The van der Waals surface area contributed by atoms with Gasteiger partial charge >= 0.3 is 5.97 Å². The lowest BCUT2D eigenvalue weighted by molar-refractivity contribution is -0.143. The highest BCUT2D eigenvalue weighted by Crippen LogP contribution is 2.18. The number of nitrogens with one attached hydrogen (secondary N) is 1. The van der Waals surface area contributed by atoms with E-state index >= 15 is 0 Å². The summed E-state index contributed by atoms with van der Waals surface area (Å²) >= 11 is 0. The molecule has 1 rings (SSSR count). The highest BCUT2D eigenvalue weighted by atomic mass is 16.4. The predicted molar refractivity (Wildman–Crippen MR) is 91.2 cm³/mol. The maximum absolute atomic E-state index is 12.3. The summed E-state index contributed by atoms with van der Waals surface area (Å²) in [7, 11) is 0. The molecule has 1 aromatic rings. The van der Waals surface area contributed by atoms with Crippen LogP contribution in [0.15, 0.2) is 24.3 Å². The van der Waals surface area contributed by atoms with Crippen LogP contribution < -0.4 is 11.1 Å². The smallest absolute Gasteiger partial charge is 0.328 e. The first-order chi connectivity index (χ1) is 10.5. The summed E-state index contributed by atoms with van der Waals surface area (Å²) in [6, 6.07) is 6.75. The number of carboxylic acids is 1. The van der Waals surface area contributed by atoms with Gasteiger partial charge in [0, 0.05) is 5.54 Å². The van der Waals surface area contributed by atoms with Crippen LogP contribution in [0.25, 0.3) is 0 Å². The van der Waals surface area contributed by atoms with Crippen LogP contribution in [0, 0.1) is 5.92 Å². The van der Waals surface area contributed by atoms with E-state index in [4.69, 9.17) is 5.73 Å². The Morgan fingerprint density at radius 1 is 1.17 bits per heavy atom. The molecule has 0 heterocycles. The molecular weight excluding hydrogens is 292 g/mol. The van der Waals surface area contributed by atoms with Gasteiger partial charge in [0.1, 0.15) is 6.04 Å². The monoisotopic (exact) mass is 320 g/mol. The van der Waals surface area contributed by atoms with Gasteiger partial charge in [0.2, 0.25) is 5.91 Å². The molecule has 0 fully saturated rings. The van der Waals surface area contributed by atoms with E-state index < -0.39 is 23.5 Å². The first kappa shape index (κ1) is 19.2. The normalized spacial score (nSPS) is 14.4. The maximum Gasteiger partial charge on any atom is 0.328 e. The fourth-order valence-electron chi connectivity index (χ4n) is 2.40. The summed E-state index contributed by atoms with van der Waals surface area (Å²) in [5.74, 6) is -1.34. The average molecular weight is 320 g/mol. The van der Waals surface area contributed by atoms with E-state index in [0.717, 1.165) is 12.0 Å². The van der Waals surface area contributed by atoms with E-state index in [0.29, 0.717) is 5.92 Å². The molecule has 0 aliphatic rings. The van der Waals surface area contributed by atoms with Gasteiger partial charge in [0.25, 0.3) is 0 Å². The first-order valence-electron chi connectivity index (χ1n) is 7.93. The fraction of sp³-hybridized carbons (Fsp3) is 0.556. The van der Waals surface area contributed by atoms with E-state index in [-0.39, 0.29) is 5.91 Å².